The summed E-state index contributed by atoms with van der Waals surface area (Å²) in [4.78, 5) is 32.5. The van der Waals surface area contributed by atoms with Gasteiger partial charge >= 0.3 is 5.97 Å². The Bertz CT molecular complexity index is 1810. The van der Waals surface area contributed by atoms with Crippen molar-refractivity contribution in [3.8, 4) is 11.5 Å². The lowest BCUT2D eigenvalue weighted by Crippen LogP contribution is -2.40. The van der Waals surface area contributed by atoms with Crippen LogP contribution in [0.1, 0.15) is 57.8 Å². The van der Waals surface area contributed by atoms with Crippen molar-refractivity contribution in [2.24, 2.45) is 4.99 Å². The fourth-order valence-corrected chi connectivity index (χ4v) is 6.19. The van der Waals surface area contributed by atoms with Gasteiger partial charge in [0.25, 0.3) is 5.56 Å². The number of allylic oxidation sites excluding steroid dienone is 1. The number of hydrogen-bond donors (Lipinski definition) is 0. The number of aromatic nitrogens is 2. The molecule has 1 aliphatic heterocycles. The Balaban J connectivity index is 1.75. The van der Waals surface area contributed by atoms with Crippen molar-refractivity contribution >= 4 is 34.3 Å². The summed E-state index contributed by atoms with van der Waals surface area (Å²) >= 11 is 1.31. The number of methoxy groups -OCH3 is 1. The number of nitrogens with zero attached hydrogens (tertiary/aromatic N) is 3. The topological polar surface area (TPSA) is 84.1 Å². The number of para-hydroxylation sites is 1. The molecule has 3 heterocycles. The molecule has 0 aliphatic carbocycles. The maximum absolute atomic E-state index is 14.1. The highest BCUT2D eigenvalue weighted by molar-refractivity contribution is 7.07. The highest BCUT2D eigenvalue weighted by atomic mass is 32.1. The van der Waals surface area contributed by atoms with E-state index in [-0.39, 0.29) is 18.2 Å². The van der Waals surface area contributed by atoms with E-state index in [4.69, 9.17) is 19.2 Å². The summed E-state index contributed by atoms with van der Waals surface area (Å²) in [7, 11) is 1.57. The van der Waals surface area contributed by atoms with Crippen LogP contribution in [0.25, 0.3) is 17.0 Å². The largest absolute Gasteiger partial charge is 0.493 e. The maximum Gasteiger partial charge on any atom is 0.338 e. The van der Waals surface area contributed by atoms with Crippen LogP contribution in [-0.2, 0) is 9.53 Å². The molecule has 0 saturated carbocycles. The Hall–Kier alpha value is -4.11. The molecule has 1 aliphatic rings. The van der Waals surface area contributed by atoms with Crippen LogP contribution in [0.5, 0.6) is 11.5 Å². The smallest absolute Gasteiger partial charge is 0.338 e. The number of hydrogen-bond acceptors (Lipinski definition) is 7. The van der Waals surface area contributed by atoms with E-state index in [2.05, 4.69) is 36.7 Å². The molecule has 0 amide bonds. The quantitative estimate of drug-likeness (QED) is 0.291. The van der Waals surface area contributed by atoms with Gasteiger partial charge in [0.15, 0.2) is 16.3 Å². The van der Waals surface area contributed by atoms with Crippen molar-refractivity contribution in [3.05, 3.63) is 90.7 Å². The van der Waals surface area contributed by atoms with Gasteiger partial charge in [-0.2, -0.15) is 0 Å². The minimum Gasteiger partial charge on any atom is -0.493 e. The number of carbonyl (C=O) groups excluding carboxylic acids is 1. The van der Waals surface area contributed by atoms with E-state index < -0.39 is 12.0 Å². The molecule has 208 valence electrons. The third-order valence-corrected chi connectivity index (χ3v) is 7.92. The molecule has 8 nitrogen and oxygen atoms in total. The lowest BCUT2D eigenvalue weighted by Gasteiger charge is -2.25. The molecule has 0 spiro atoms. The minimum absolute atomic E-state index is 0.208. The van der Waals surface area contributed by atoms with Gasteiger partial charge in [-0.1, -0.05) is 35.6 Å². The standard InChI is InChI=1S/C31H33N3O5S/c1-7-38-25-15-20(13-14-24(25)37-6)28-27(30(36)39-8-2)19(5)32-31-34(28)29(35)26(40-31)16-21-17-33(18(3)4)23-12-10-9-11-22(21)23/h9-18,28H,7-8H2,1-6H3/b26-16-/t28-/m0/s1. The lowest BCUT2D eigenvalue weighted by atomic mass is 9.95. The molecule has 1 atom stereocenters. The number of rotatable bonds is 8. The predicted molar refractivity (Wildman–Crippen MR) is 157 cm³/mol. The van der Waals surface area contributed by atoms with Crippen LogP contribution in [0.2, 0.25) is 0 Å². The summed E-state index contributed by atoms with van der Waals surface area (Å²) in [5.41, 5.74) is 3.38. The Morgan fingerprint density at radius 3 is 2.60 bits per heavy atom. The average molecular weight is 560 g/mol. The summed E-state index contributed by atoms with van der Waals surface area (Å²) in [5, 5.41) is 1.07. The third kappa shape index (κ3) is 4.75. The molecule has 9 heteroatoms. The SMILES string of the molecule is CCOC(=O)C1=C(C)N=c2s/c(=C\c3cn(C(C)C)c4ccccc34)c(=O)n2[C@H]1c1ccc(OC)c(OCC)c1. The van der Waals surface area contributed by atoms with Crippen LogP contribution in [-0.4, -0.2) is 35.4 Å². The fourth-order valence-electron chi connectivity index (χ4n) is 5.15. The zero-order chi connectivity index (χ0) is 28.6. The number of thiazole rings is 1. The summed E-state index contributed by atoms with van der Waals surface area (Å²) in [6.07, 6.45) is 4.00. The molecule has 0 fully saturated rings. The highest BCUT2D eigenvalue weighted by Crippen LogP contribution is 2.36. The predicted octanol–water partition coefficient (Wildman–Crippen LogP) is 4.74. The van der Waals surface area contributed by atoms with Crippen LogP contribution in [0.4, 0.5) is 0 Å². The molecule has 2 aromatic heterocycles. The summed E-state index contributed by atoms with van der Waals surface area (Å²) in [5.74, 6) is 0.596. The Labute approximate surface area is 236 Å². The Morgan fingerprint density at radius 2 is 1.90 bits per heavy atom. The molecule has 4 aromatic rings. The third-order valence-electron chi connectivity index (χ3n) is 6.93. The van der Waals surface area contributed by atoms with Gasteiger partial charge in [-0.3, -0.25) is 9.36 Å². The van der Waals surface area contributed by atoms with Gasteiger partial charge in [0.05, 0.1) is 42.2 Å². The number of ether oxygens (including phenoxy) is 3. The molecule has 0 saturated heterocycles. The van der Waals surface area contributed by atoms with Crippen LogP contribution in [0.15, 0.2) is 69.7 Å². The second-order valence-corrected chi connectivity index (χ2v) is 10.8. The summed E-state index contributed by atoms with van der Waals surface area (Å²) < 4.78 is 21.0. The number of benzene rings is 2. The maximum atomic E-state index is 14.1. The first kappa shape index (κ1) is 27.5. The normalized spacial score (nSPS) is 15.4. The fraction of sp³-hybridized carbons (Fsp3) is 0.323. The molecular weight excluding hydrogens is 526 g/mol. The second kappa shape index (κ2) is 11.2. The first-order chi connectivity index (χ1) is 19.3. The zero-order valence-corrected chi connectivity index (χ0v) is 24.4. The van der Waals surface area contributed by atoms with Crippen LogP contribution in [0.3, 0.4) is 0 Å². The van der Waals surface area contributed by atoms with Crippen molar-refractivity contribution in [2.45, 2.75) is 46.7 Å². The van der Waals surface area contributed by atoms with Crippen molar-refractivity contribution in [1.82, 2.24) is 9.13 Å². The van der Waals surface area contributed by atoms with Crippen molar-refractivity contribution in [1.29, 1.82) is 0 Å². The van der Waals surface area contributed by atoms with Gasteiger partial charge in [-0.25, -0.2) is 9.79 Å². The van der Waals surface area contributed by atoms with E-state index >= 15 is 0 Å². The molecule has 5 rings (SSSR count). The van der Waals surface area contributed by atoms with Crippen molar-refractivity contribution in [3.63, 3.8) is 0 Å². The van der Waals surface area contributed by atoms with E-state index in [0.29, 0.717) is 44.3 Å². The van der Waals surface area contributed by atoms with Gasteiger partial charge in [-0.05, 0) is 64.5 Å². The Morgan fingerprint density at radius 1 is 1.12 bits per heavy atom. The van der Waals surface area contributed by atoms with E-state index in [1.807, 2.05) is 37.3 Å². The zero-order valence-electron chi connectivity index (χ0n) is 23.6. The average Bonchev–Trinajstić information content (AvgIpc) is 3.45. The number of carbonyl (C=O) groups is 1. The van der Waals surface area contributed by atoms with E-state index in [0.717, 1.165) is 16.5 Å². The van der Waals surface area contributed by atoms with Crippen molar-refractivity contribution < 1.29 is 19.0 Å². The first-order valence-corrected chi connectivity index (χ1v) is 14.2. The van der Waals surface area contributed by atoms with Gasteiger partial charge < -0.3 is 18.8 Å². The number of fused-ring (bicyclic) bond motifs is 2. The molecule has 40 heavy (non-hydrogen) atoms. The Kier molecular flexibility index (Phi) is 7.67. The molecule has 0 radical (unpaired) electrons. The van der Waals surface area contributed by atoms with Crippen LogP contribution >= 0.6 is 11.3 Å². The highest BCUT2D eigenvalue weighted by Gasteiger charge is 2.34. The molecular formula is C31H33N3O5S. The van der Waals surface area contributed by atoms with E-state index in [1.54, 1.807) is 31.6 Å². The molecule has 2 aromatic carbocycles. The number of esters is 1. The van der Waals surface area contributed by atoms with Crippen LogP contribution < -0.4 is 24.4 Å². The van der Waals surface area contributed by atoms with Gasteiger partial charge in [-0.15, -0.1) is 0 Å². The van der Waals surface area contributed by atoms with Gasteiger partial charge in [0, 0.05) is 28.7 Å². The molecule has 0 unspecified atom stereocenters. The monoisotopic (exact) mass is 559 g/mol. The van der Waals surface area contributed by atoms with E-state index in [9.17, 15) is 9.59 Å². The molecule has 0 N–H and O–H groups in total. The van der Waals surface area contributed by atoms with Crippen LogP contribution in [0, 0.1) is 0 Å². The van der Waals surface area contributed by atoms with Crippen molar-refractivity contribution in [2.75, 3.05) is 20.3 Å². The summed E-state index contributed by atoms with van der Waals surface area (Å²) in [6.45, 7) is 10.3. The van der Waals surface area contributed by atoms with Gasteiger partial charge in [0.2, 0.25) is 0 Å². The lowest BCUT2D eigenvalue weighted by molar-refractivity contribution is -0.139. The van der Waals surface area contributed by atoms with E-state index in [1.165, 1.54) is 11.3 Å². The van der Waals surface area contributed by atoms with Gasteiger partial charge in [0.1, 0.15) is 0 Å². The second-order valence-electron chi connectivity index (χ2n) is 9.75. The molecule has 0 bridgehead atoms. The first-order valence-electron chi connectivity index (χ1n) is 13.4. The summed E-state index contributed by atoms with van der Waals surface area (Å²) in [6, 6.07) is 13.1. The minimum atomic E-state index is -0.737.